The van der Waals surface area contributed by atoms with Crippen LogP contribution in [0.2, 0.25) is 0 Å². The summed E-state index contributed by atoms with van der Waals surface area (Å²) in [5.41, 5.74) is 3.76. The Morgan fingerprint density at radius 2 is 1.88 bits per heavy atom. The number of carbonyl (C=O) groups is 2. The SMILES string of the molecule is COc1ccc(NC(=O)[C@H]2CCN(c3cccc(C)c3C)C2=O)cc1. The fraction of sp³-hybridized carbons (Fsp3) is 0.300. The van der Waals surface area contributed by atoms with Crippen LogP contribution in [0.25, 0.3) is 0 Å². The van der Waals surface area contributed by atoms with Crippen molar-refractivity contribution in [3.05, 3.63) is 53.6 Å². The van der Waals surface area contributed by atoms with Crippen LogP contribution < -0.4 is 15.0 Å². The summed E-state index contributed by atoms with van der Waals surface area (Å²) in [6, 6.07) is 13.0. The quantitative estimate of drug-likeness (QED) is 0.870. The highest BCUT2D eigenvalue weighted by molar-refractivity contribution is 6.13. The van der Waals surface area contributed by atoms with Crippen LogP contribution in [0.4, 0.5) is 11.4 Å². The summed E-state index contributed by atoms with van der Waals surface area (Å²) in [5.74, 6) is -0.333. The molecule has 2 aromatic rings. The molecule has 2 amide bonds. The second kappa shape index (κ2) is 6.97. The van der Waals surface area contributed by atoms with Crippen molar-refractivity contribution in [3.63, 3.8) is 0 Å². The van der Waals surface area contributed by atoms with Gasteiger partial charge in [0.25, 0.3) is 0 Å². The molecule has 1 fully saturated rings. The maximum atomic E-state index is 12.7. The predicted octanol–water partition coefficient (Wildman–Crippen LogP) is 3.30. The van der Waals surface area contributed by atoms with Crippen molar-refractivity contribution in [1.82, 2.24) is 0 Å². The molecular weight excluding hydrogens is 316 g/mol. The zero-order valence-corrected chi connectivity index (χ0v) is 14.7. The van der Waals surface area contributed by atoms with Gasteiger partial charge in [-0.05, 0) is 61.7 Å². The molecule has 130 valence electrons. The lowest BCUT2D eigenvalue weighted by atomic mass is 10.1. The molecule has 1 N–H and O–H groups in total. The number of benzene rings is 2. The summed E-state index contributed by atoms with van der Waals surface area (Å²) >= 11 is 0. The van der Waals surface area contributed by atoms with E-state index in [0.717, 1.165) is 22.6 Å². The molecule has 0 aromatic heterocycles. The van der Waals surface area contributed by atoms with E-state index in [4.69, 9.17) is 4.74 Å². The van der Waals surface area contributed by atoms with E-state index in [1.807, 2.05) is 32.0 Å². The highest BCUT2D eigenvalue weighted by Crippen LogP contribution is 2.30. The molecule has 3 rings (SSSR count). The average molecular weight is 338 g/mol. The molecular formula is C20H22N2O3. The van der Waals surface area contributed by atoms with E-state index in [0.29, 0.717) is 18.7 Å². The van der Waals surface area contributed by atoms with Crippen LogP contribution in [0.5, 0.6) is 5.75 Å². The lowest BCUT2D eigenvalue weighted by molar-refractivity contribution is -0.129. The normalized spacial score (nSPS) is 16.8. The van der Waals surface area contributed by atoms with Gasteiger partial charge in [-0.25, -0.2) is 0 Å². The van der Waals surface area contributed by atoms with Crippen LogP contribution in [-0.2, 0) is 9.59 Å². The van der Waals surface area contributed by atoms with Crippen molar-refractivity contribution in [2.45, 2.75) is 20.3 Å². The van der Waals surface area contributed by atoms with Gasteiger partial charge in [0.2, 0.25) is 11.8 Å². The van der Waals surface area contributed by atoms with Gasteiger partial charge < -0.3 is 15.0 Å². The van der Waals surface area contributed by atoms with Gasteiger partial charge in [-0.1, -0.05) is 12.1 Å². The van der Waals surface area contributed by atoms with Crippen molar-refractivity contribution in [3.8, 4) is 5.75 Å². The average Bonchev–Trinajstić information content (AvgIpc) is 2.99. The van der Waals surface area contributed by atoms with E-state index in [9.17, 15) is 9.59 Å². The second-order valence-electron chi connectivity index (χ2n) is 6.27. The molecule has 5 nitrogen and oxygen atoms in total. The van der Waals surface area contributed by atoms with Crippen molar-refractivity contribution in [2.75, 3.05) is 23.9 Å². The molecule has 0 radical (unpaired) electrons. The minimum Gasteiger partial charge on any atom is -0.497 e. The fourth-order valence-corrected chi connectivity index (χ4v) is 3.09. The lowest BCUT2D eigenvalue weighted by Gasteiger charge is -2.20. The third-order valence-electron chi connectivity index (χ3n) is 4.75. The van der Waals surface area contributed by atoms with Crippen LogP contribution in [0.3, 0.4) is 0 Å². The van der Waals surface area contributed by atoms with Crippen LogP contribution in [0.1, 0.15) is 17.5 Å². The Morgan fingerprint density at radius 3 is 2.56 bits per heavy atom. The van der Waals surface area contributed by atoms with Gasteiger partial charge in [0.15, 0.2) is 0 Å². The number of anilines is 2. The number of hydrogen-bond donors (Lipinski definition) is 1. The Kier molecular flexibility index (Phi) is 4.74. The predicted molar refractivity (Wildman–Crippen MR) is 98.0 cm³/mol. The van der Waals surface area contributed by atoms with Gasteiger partial charge in [0.1, 0.15) is 11.7 Å². The smallest absolute Gasteiger partial charge is 0.239 e. The molecule has 0 unspecified atom stereocenters. The first-order valence-electron chi connectivity index (χ1n) is 8.34. The number of methoxy groups -OCH3 is 1. The van der Waals surface area contributed by atoms with Crippen LogP contribution in [-0.4, -0.2) is 25.5 Å². The molecule has 1 heterocycles. The third kappa shape index (κ3) is 3.36. The largest absolute Gasteiger partial charge is 0.497 e. The molecule has 25 heavy (non-hydrogen) atoms. The Hall–Kier alpha value is -2.82. The maximum Gasteiger partial charge on any atom is 0.239 e. The first-order chi connectivity index (χ1) is 12.0. The first-order valence-corrected chi connectivity index (χ1v) is 8.34. The number of carbonyl (C=O) groups excluding carboxylic acids is 2. The summed E-state index contributed by atoms with van der Waals surface area (Å²) in [6.07, 6.45) is 0.522. The zero-order valence-electron chi connectivity index (χ0n) is 14.7. The molecule has 2 aromatic carbocycles. The number of ether oxygens (including phenoxy) is 1. The lowest BCUT2D eigenvalue weighted by Crippen LogP contribution is -2.33. The van der Waals surface area contributed by atoms with Gasteiger partial charge in [-0.2, -0.15) is 0 Å². The van der Waals surface area contributed by atoms with E-state index in [1.165, 1.54) is 0 Å². The summed E-state index contributed by atoms with van der Waals surface area (Å²) in [5, 5.41) is 2.82. The Balaban J connectivity index is 1.72. The standard InChI is InChI=1S/C20H22N2O3/c1-13-5-4-6-18(14(13)2)22-12-11-17(20(22)24)19(23)21-15-7-9-16(25-3)10-8-15/h4-10,17H,11-12H2,1-3H3,(H,21,23)/t17-/m1/s1. The number of nitrogens with zero attached hydrogens (tertiary/aromatic N) is 1. The van der Waals surface area contributed by atoms with Gasteiger partial charge in [0.05, 0.1) is 7.11 Å². The number of nitrogens with one attached hydrogen (secondary N) is 1. The number of aryl methyl sites for hydroxylation is 1. The number of hydrogen-bond acceptors (Lipinski definition) is 3. The Labute approximate surface area is 147 Å². The maximum absolute atomic E-state index is 12.7. The molecule has 1 saturated heterocycles. The first kappa shape index (κ1) is 17.0. The molecule has 0 aliphatic carbocycles. The topological polar surface area (TPSA) is 58.6 Å². The van der Waals surface area contributed by atoms with Gasteiger partial charge in [0, 0.05) is 17.9 Å². The van der Waals surface area contributed by atoms with Gasteiger partial charge in [-0.3, -0.25) is 9.59 Å². The number of amides is 2. The van der Waals surface area contributed by atoms with Crippen LogP contribution in [0, 0.1) is 19.8 Å². The van der Waals surface area contributed by atoms with Crippen molar-refractivity contribution >= 4 is 23.2 Å². The summed E-state index contributed by atoms with van der Waals surface area (Å²) < 4.78 is 5.10. The second-order valence-corrected chi connectivity index (χ2v) is 6.27. The third-order valence-corrected chi connectivity index (χ3v) is 4.75. The van der Waals surface area contributed by atoms with E-state index >= 15 is 0 Å². The van der Waals surface area contributed by atoms with Crippen LogP contribution >= 0.6 is 0 Å². The molecule has 0 saturated carbocycles. The molecule has 0 spiro atoms. The minimum atomic E-state index is -0.651. The van der Waals surface area contributed by atoms with Crippen molar-refractivity contribution in [2.24, 2.45) is 5.92 Å². The molecule has 5 heteroatoms. The monoisotopic (exact) mass is 338 g/mol. The Bertz CT molecular complexity index is 799. The molecule has 0 bridgehead atoms. The molecule has 1 atom stereocenters. The summed E-state index contributed by atoms with van der Waals surface area (Å²) in [4.78, 5) is 27.0. The zero-order chi connectivity index (χ0) is 18.0. The van der Waals surface area contributed by atoms with E-state index < -0.39 is 5.92 Å². The Morgan fingerprint density at radius 1 is 1.16 bits per heavy atom. The highest BCUT2D eigenvalue weighted by atomic mass is 16.5. The van der Waals surface area contributed by atoms with E-state index in [2.05, 4.69) is 5.32 Å². The van der Waals surface area contributed by atoms with Crippen LogP contribution in [0.15, 0.2) is 42.5 Å². The highest BCUT2D eigenvalue weighted by Gasteiger charge is 2.38. The molecule has 1 aliphatic heterocycles. The van der Waals surface area contributed by atoms with Gasteiger partial charge in [-0.15, -0.1) is 0 Å². The number of rotatable bonds is 4. The summed E-state index contributed by atoms with van der Waals surface area (Å²) in [7, 11) is 1.59. The van der Waals surface area contributed by atoms with Crippen molar-refractivity contribution < 1.29 is 14.3 Å². The van der Waals surface area contributed by atoms with Crippen molar-refractivity contribution in [1.29, 1.82) is 0 Å². The summed E-state index contributed by atoms with van der Waals surface area (Å²) in [6.45, 7) is 4.58. The fourth-order valence-electron chi connectivity index (χ4n) is 3.09. The van der Waals surface area contributed by atoms with E-state index in [-0.39, 0.29) is 11.8 Å². The van der Waals surface area contributed by atoms with E-state index in [1.54, 1.807) is 36.3 Å². The molecule has 1 aliphatic rings. The van der Waals surface area contributed by atoms with Gasteiger partial charge >= 0.3 is 0 Å². The minimum absolute atomic E-state index is 0.139.